The molecule has 2 fully saturated rings. The molecule has 0 amide bonds. The lowest BCUT2D eigenvalue weighted by atomic mass is 10.1. The third kappa shape index (κ3) is 9.93. The van der Waals surface area contributed by atoms with Gasteiger partial charge in [0.05, 0.1) is 13.2 Å². The Hall–Kier alpha value is -2.32. The minimum atomic E-state index is -6.64. The number of rotatable bonds is 14. The number of aliphatic hydroxyl groups is 4. The summed E-state index contributed by atoms with van der Waals surface area (Å²) in [7, 11) is -25.6. The van der Waals surface area contributed by atoms with E-state index in [-0.39, 0.29) is 0 Å². The molecule has 0 aromatic carbocycles. The van der Waals surface area contributed by atoms with E-state index < -0.39 is 116 Å². The van der Waals surface area contributed by atoms with Crippen molar-refractivity contribution in [2.45, 2.75) is 49.1 Å². The highest BCUT2D eigenvalue weighted by Gasteiger charge is 2.46. The first-order chi connectivity index (χ1) is 22.5. The van der Waals surface area contributed by atoms with Crippen LogP contribution in [0.4, 0.5) is 0 Å². The van der Waals surface area contributed by atoms with Gasteiger partial charge >= 0.3 is 11.4 Å². The van der Waals surface area contributed by atoms with Gasteiger partial charge in [0, 0.05) is 24.5 Å². The van der Waals surface area contributed by atoms with Gasteiger partial charge in [-0.25, -0.2) is 22.5 Å². The normalized spacial score (nSPS) is 32.2. The zero-order valence-corrected chi connectivity index (χ0v) is 27.1. The fourth-order valence-corrected chi connectivity index (χ4v) is 8.97. The summed E-state index contributed by atoms with van der Waals surface area (Å²) in [5, 5.41) is 40.5. The number of phosphoric ester groups is 2. The monoisotopic (exact) mass is 786 g/mol. The molecule has 2 aromatic heterocycles. The first-order valence-electron chi connectivity index (χ1n) is 12.8. The van der Waals surface area contributed by atoms with Gasteiger partial charge in [0.2, 0.25) is 0 Å². The van der Waals surface area contributed by atoms with Crippen LogP contribution in [0.5, 0.6) is 0 Å². The van der Waals surface area contributed by atoms with Crippen molar-refractivity contribution in [3.63, 3.8) is 0 Å². The molecule has 2 saturated heterocycles. The molecule has 2 aliphatic rings. The Balaban J connectivity index is 1.31. The lowest BCUT2D eigenvalue weighted by Gasteiger charge is -2.36. The van der Waals surface area contributed by atoms with E-state index in [0.717, 1.165) is 24.5 Å². The van der Waals surface area contributed by atoms with E-state index >= 15 is 0 Å². The minimum Gasteiger partial charge on any atom is -0.756 e. The highest BCUT2D eigenvalue weighted by Crippen LogP contribution is 2.66. The largest absolute Gasteiger partial charge is 0.756 e. The second-order valence-corrected chi connectivity index (χ2v) is 15.8. The van der Waals surface area contributed by atoms with Crippen LogP contribution in [0.1, 0.15) is 12.5 Å². The maximum absolute atomic E-state index is 12.0. The summed E-state index contributed by atoms with van der Waals surface area (Å²) >= 11 is 0. The lowest BCUT2D eigenvalue weighted by Crippen LogP contribution is -2.37. The van der Waals surface area contributed by atoms with Gasteiger partial charge in [-0.3, -0.25) is 47.0 Å². The number of aromatic amines is 2. The number of nitrogens with zero attached hydrogens (tertiary/aromatic N) is 2. The first-order valence-corrected chi connectivity index (χ1v) is 18.7. The summed E-state index contributed by atoms with van der Waals surface area (Å²) in [5.41, 5.74) is -3.89. The van der Waals surface area contributed by atoms with Crippen molar-refractivity contribution in [3.8, 4) is 0 Å². The molecule has 0 aliphatic carbocycles. The number of hydrogen-bond acceptors (Lipinski definition) is 23. The SMILES string of the molecule is O=c1ccn([C@@H]2O[C@H](COP(=O)([O-])OP(=O)([O-])OP(=O)([O-])OP(=O)([O-])OC[C@H]3O[C@@H](n4ccc(=O)[nH]c4=O)[C@H](O)[C@@H]3O)[C@@H](O)[C@H]2O)c(=O)[nH]1. The van der Waals surface area contributed by atoms with Crippen LogP contribution in [0, 0.1) is 0 Å². The summed E-state index contributed by atoms with van der Waals surface area (Å²) in [4.78, 5) is 97.9. The van der Waals surface area contributed by atoms with E-state index in [4.69, 9.17) is 9.47 Å². The molecule has 31 heteroatoms. The molecule has 27 nitrogen and oxygen atoms in total. The Kier molecular flexibility index (Phi) is 11.9. The third-order valence-corrected chi connectivity index (χ3v) is 12.0. The Labute approximate surface area is 268 Å². The number of hydrogen-bond donors (Lipinski definition) is 6. The minimum absolute atomic E-state index is 0.604. The number of aliphatic hydroxyl groups excluding tert-OH is 4. The molecular weight excluding hydrogens is 764 g/mol. The van der Waals surface area contributed by atoms with Gasteiger partial charge in [-0.2, -0.15) is 0 Å². The van der Waals surface area contributed by atoms with E-state index in [0.29, 0.717) is 9.13 Å². The number of H-pyrrole nitrogens is 2. The van der Waals surface area contributed by atoms with Crippen molar-refractivity contribution >= 4 is 31.3 Å². The van der Waals surface area contributed by atoms with Gasteiger partial charge in [0.15, 0.2) is 12.5 Å². The van der Waals surface area contributed by atoms with Crippen LogP contribution < -0.4 is 42.1 Å². The molecular formula is C18H22N4O23P4-4. The molecule has 49 heavy (non-hydrogen) atoms. The van der Waals surface area contributed by atoms with Gasteiger partial charge in [0.1, 0.15) is 36.6 Å². The van der Waals surface area contributed by atoms with E-state index in [1.165, 1.54) is 0 Å². The maximum atomic E-state index is 12.0. The molecule has 2 aliphatic heterocycles. The number of nitrogens with one attached hydrogen (secondary N) is 2. The number of ether oxygens (including phenoxy) is 2. The molecule has 2 aromatic rings. The Morgan fingerprint density at radius 1 is 0.612 bits per heavy atom. The zero-order valence-electron chi connectivity index (χ0n) is 23.6. The van der Waals surface area contributed by atoms with Crippen molar-refractivity contribution < 1.29 is 89.7 Å². The van der Waals surface area contributed by atoms with Crippen molar-refractivity contribution in [2.24, 2.45) is 0 Å². The van der Waals surface area contributed by atoms with Crippen LogP contribution in [0.25, 0.3) is 0 Å². The Morgan fingerprint density at radius 2 is 0.939 bits per heavy atom. The molecule has 0 spiro atoms. The standard InChI is InChI=1S/C18H26N4O23P4/c23-9-1-3-21(17(29)19-9)15-13(27)11(25)7(41-15)5-39-46(31,32)43-48(35,36)45-49(37,38)44-47(33,34)40-6-8-12(26)14(28)16(42-8)22-4-2-10(24)20-18(22)30/h1-4,7-8,11-16,25-28H,5-6H2,(H,31,32)(H,33,34)(H,35,36)(H,37,38)(H,19,23,29)(H,20,24,30)/p-4/t7-,8-,11-,12-,13-,14-,15-,16-/m1/s1. The van der Waals surface area contributed by atoms with Crippen LogP contribution in [0.3, 0.4) is 0 Å². The second kappa shape index (κ2) is 14.7. The Bertz CT molecular complexity index is 1820. The second-order valence-electron chi connectivity index (χ2n) is 9.75. The van der Waals surface area contributed by atoms with Crippen molar-refractivity contribution in [1.82, 2.24) is 19.1 Å². The summed E-state index contributed by atoms with van der Waals surface area (Å²) in [5.74, 6) is 0. The predicted molar refractivity (Wildman–Crippen MR) is 140 cm³/mol. The van der Waals surface area contributed by atoms with Gasteiger partial charge < -0.3 is 58.5 Å². The van der Waals surface area contributed by atoms with E-state index in [9.17, 15) is 77.4 Å². The van der Waals surface area contributed by atoms with Gasteiger partial charge in [-0.15, -0.1) is 0 Å². The summed E-state index contributed by atoms with van der Waals surface area (Å²) < 4.78 is 78.3. The molecule has 12 atom stereocenters. The molecule has 4 rings (SSSR count). The van der Waals surface area contributed by atoms with E-state index in [1.807, 2.05) is 9.97 Å². The molecule has 4 heterocycles. The smallest absolute Gasteiger partial charge is 0.330 e. The highest BCUT2D eigenvalue weighted by atomic mass is 31.3. The van der Waals surface area contributed by atoms with Crippen molar-refractivity contribution in [2.75, 3.05) is 13.2 Å². The molecule has 6 N–H and O–H groups in total. The molecule has 0 radical (unpaired) electrons. The van der Waals surface area contributed by atoms with Crippen LogP contribution in [0.15, 0.2) is 43.7 Å². The van der Waals surface area contributed by atoms with Gasteiger partial charge in [-0.05, 0) is 0 Å². The van der Waals surface area contributed by atoms with Crippen LogP contribution in [-0.4, -0.2) is 89.4 Å². The average Bonchev–Trinajstić information content (AvgIpc) is 3.38. The highest BCUT2D eigenvalue weighted by molar-refractivity contribution is 7.68. The lowest BCUT2D eigenvalue weighted by molar-refractivity contribution is -0.255. The fourth-order valence-electron chi connectivity index (χ4n) is 4.22. The number of aromatic nitrogens is 4. The van der Waals surface area contributed by atoms with Crippen molar-refractivity contribution in [3.05, 3.63) is 66.2 Å². The Morgan fingerprint density at radius 3 is 1.27 bits per heavy atom. The quantitative estimate of drug-likeness (QED) is 0.0969. The van der Waals surface area contributed by atoms with E-state index in [2.05, 4.69) is 22.0 Å². The molecule has 276 valence electrons. The van der Waals surface area contributed by atoms with Crippen LogP contribution in [-0.2, 0) is 49.7 Å². The van der Waals surface area contributed by atoms with Gasteiger partial charge in [-0.1, -0.05) is 0 Å². The summed E-state index contributed by atoms with van der Waals surface area (Å²) in [6.45, 7) is -2.66. The molecule has 0 saturated carbocycles. The zero-order chi connectivity index (χ0) is 36.7. The number of phosphoric acid groups is 4. The molecule has 0 bridgehead atoms. The predicted octanol–water partition coefficient (Wildman–Crippen LogP) is -6.72. The van der Waals surface area contributed by atoms with Gasteiger partial charge in [0.25, 0.3) is 42.4 Å². The topological polar surface area (TPSA) is 416 Å². The summed E-state index contributed by atoms with van der Waals surface area (Å²) in [6.07, 6.45) is -13.2. The van der Waals surface area contributed by atoms with E-state index in [1.54, 1.807) is 0 Å². The third-order valence-electron chi connectivity index (χ3n) is 6.32. The maximum Gasteiger partial charge on any atom is 0.330 e. The molecule has 4 unspecified atom stereocenters. The summed E-state index contributed by atoms with van der Waals surface area (Å²) in [6, 6.07) is 1.68. The van der Waals surface area contributed by atoms with Crippen LogP contribution in [0.2, 0.25) is 0 Å². The van der Waals surface area contributed by atoms with Crippen LogP contribution >= 0.6 is 31.3 Å². The van der Waals surface area contributed by atoms with Crippen molar-refractivity contribution in [1.29, 1.82) is 0 Å². The average molecular weight is 786 g/mol. The fraction of sp³-hybridized carbons (Fsp3) is 0.556. The first kappa shape index (κ1) is 39.5.